The molecule has 23 heavy (non-hydrogen) atoms. The van der Waals surface area contributed by atoms with Crippen LogP contribution in [0.1, 0.15) is 0 Å². The van der Waals surface area contributed by atoms with Gasteiger partial charge in [-0.25, -0.2) is 9.97 Å². The van der Waals surface area contributed by atoms with Crippen LogP contribution in [0.15, 0.2) is 54.7 Å². The van der Waals surface area contributed by atoms with Gasteiger partial charge in [0.05, 0.1) is 5.52 Å². The number of anilines is 1. The van der Waals surface area contributed by atoms with Gasteiger partial charge in [-0.2, -0.15) is 0 Å². The highest BCUT2D eigenvalue weighted by atomic mass is 15.2. The topological polar surface area (TPSA) is 32.3 Å². The van der Waals surface area contributed by atoms with E-state index in [4.69, 9.17) is 4.98 Å². The zero-order chi connectivity index (χ0) is 15.6. The van der Waals surface area contributed by atoms with Crippen molar-refractivity contribution in [3.8, 4) is 11.4 Å². The van der Waals surface area contributed by atoms with E-state index >= 15 is 0 Å². The fourth-order valence-electron chi connectivity index (χ4n) is 3.02. The molecule has 0 spiro atoms. The molecular weight excluding hydrogens is 284 g/mol. The summed E-state index contributed by atoms with van der Waals surface area (Å²) in [7, 11) is 2.18. The predicted octanol–water partition coefficient (Wildman–Crippen LogP) is 3.05. The minimum Gasteiger partial charge on any atom is -0.369 e. The van der Waals surface area contributed by atoms with E-state index in [2.05, 4.69) is 46.1 Å². The second-order valence-corrected chi connectivity index (χ2v) is 6.09. The van der Waals surface area contributed by atoms with Crippen LogP contribution in [-0.4, -0.2) is 48.1 Å². The second-order valence-electron chi connectivity index (χ2n) is 6.09. The summed E-state index contributed by atoms with van der Waals surface area (Å²) in [5, 5.41) is 1.08. The average Bonchev–Trinajstić information content (AvgIpc) is 2.62. The molecule has 1 saturated heterocycles. The van der Waals surface area contributed by atoms with Gasteiger partial charge in [0.2, 0.25) is 0 Å². The Balaban J connectivity index is 1.67. The molecule has 4 heteroatoms. The van der Waals surface area contributed by atoms with Crippen LogP contribution in [0.3, 0.4) is 0 Å². The Bertz CT molecular complexity index is 822. The molecule has 4 rings (SSSR count). The van der Waals surface area contributed by atoms with E-state index in [1.54, 1.807) is 0 Å². The van der Waals surface area contributed by atoms with Crippen LogP contribution < -0.4 is 4.90 Å². The van der Waals surface area contributed by atoms with Crippen LogP contribution in [0.2, 0.25) is 0 Å². The Labute approximate surface area is 136 Å². The predicted molar refractivity (Wildman–Crippen MR) is 94.7 cm³/mol. The number of para-hydroxylation sites is 1. The molecule has 3 aromatic rings. The molecule has 0 aliphatic carbocycles. The highest BCUT2D eigenvalue weighted by Gasteiger charge is 2.15. The van der Waals surface area contributed by atoms with Gasteiger partial charge in [0, 0.05) is 49.0 Å². The van der Waals surface area contributed by atoms with Crippen molar-refractivity contribution >= 4 is 16.6 Å². The normalized spacial score (nSPS) is 16.0. The van der Waals surface area contributed by atoms with E-state index in [1.807, 2.05) is 30.5 Å². The molecule has 4 nitrogen and oxygen atoms in total. The lowest BCUT2D eigenvalue weighted by atomic mass is 10.1. The summed E-state index contributed by atoms with van der Waals surface area (Å²) in [6.45, 7) is 4.35. The lowest BCUT2D eigenvalue weighted by Crippen LogP contribution is -2.44. The van der Waals surface area contributed by atoms with Crippen molar-refractivity contribution in [2.45, 2.75) is 0 Å². The molecule has 0 radical (unpaired) electrons. The van der Waals surface area contributed by atoms with Crippen LogP contribution >= 0.6 is 0 Å². The van der Waals surface area contributed by atoms with Crippen molar-refractivity contribution < 1.29 is 0 Å². The van der Waals surface area contributed by atoms with E-state index in [-0.39, 0.29) is 0 Å². The van der Waals surface area contributed by atoms with Crippen LogP contribution in [0.25, 0.3) is 22.3 Å². The lowest BCUT2D eigenvalue weighted by Gasteiger charge is -2.34. The summed E-state index contributed by atoms with van der Waals surface area (Å²) in [5.74, 6) is 0.791. The fraction of sp³-hybridized carbons (Fsp3) is 0.263. The SMILES string of the molecule is CN1CCN(c2cccc(-c3ncc4ccccc4n3)c2)CC1. The van der Waals surface area contributed by atoms with Gasteiger partial charge in [-0.3, -0.25) is 0 Å². The van der Waals surface area contributed by atoms with Crippen LogP contribution in [0.4, 0.5) is 5.69 Å². The Morgan fingerprint density at radius 3 is 2.61 bits per heavy atom. The molecule has 1 aliphatic rings. The monoisotopic (exact) mass is 304 g/mol. The van der Waals surface area contributed by atoms with E-state index < -0.39 is 0 Å². The van der Waals surface area contributed by atoms with Gasteiger partial charge in [0.25, 0.3) is 0 Å². The molecule has 0 unspecified atom stereocenters. The second kappa shape index (κ2) is 5.97. The number of benzene rings is 2. The molecule has 1 fully saturated rings. The minimum atomic E-state index is 0.791. The van der Waals surface area contributed by atoms with Crippen molar-refractivity contribution in [3.63, 3.8) is 0 Å². The maximum Gasteiger partial charge on any atom is 0.159 e. The third-order valence-electron chi connectivity index (χ3n) is 4.46. The molecule has 2 heterocycles. The van der Waals surface area contributed by atoms with E-state index in [1.165, 1.54) is 5.69 Å². The fourth-order valence-corrected chi connectivity index (χ4v) is 3.02. The molecule has 0 saturated carbocycles. The zero-order valence-electron chi connectivity index (χ0n) is 13.3. The number of rotatable bonds is 2. The van der Waals surface area contributed by atoms with Gasteiger partial charge in [0.15, 0.2) is 5.82 Å². The molecule has 2 aromatic carbocycles. The Kier molecular flexibility index (Phi) is 3.67. The van der Waals surface area contributed by atoms with Crippen molar-refractivity contribution in [1.82, 2.24) is 14.9 Å². The smallest absolute Gasteiger partial charge is 0.159 e. The Hall–Kier alpha value is -2.46. The first-order chi connectivity index (χ1) is 11.3. The minimum absolute atomic E-state index is 0.791. The molecule has 0 amide bonds. The molecule has 116 valence electrons. The summed E-state index contributed by atoms with van der Waals surface area (Å²) in [6, 6.07) is 16.7. The van der Waals surface area contributed by atoms with Crippen molar-refractivity contribution in [2.24, 2.45) is 0 Å². The number of aromatic nitrogens is 2. The maximum atomic E-state index is 4.71. The molecule has 1 aliphatic heterocycles. The standard InChI is InChI=1S/C19H20N4/c1-22-9-11-23(12-10-22)17-7-4-6-15(13-17)19-20-14-16-5-2-3-8-18(16)21-19/h2-8,13-14H,9-12H2,1H3. The largest absolute Gasteiger partial charge is 0.369 e. The lowest BCUT2D eigenvalue weighted by molar-refractivity contribution is 0.313. The number of nitrogens with zero attached hydrogens (tertiary/aromatic N) is 4. The van der Waals surface area contributed by atoms with Gasteiger partial charge >= 0.3 is 0 Å². The Morgan fingerprint density at radius 1 is 0.913 bits per heavy atom. The number of fused-ring (bicyclic) bond motifs is 1. The van der Waals surface area contributed by atoms with Crippen LogP contribution in [-0.2, 0) is 0 Å². The third-order valence-corrected chi connectivity index (χ3v) is 4.46. The molecule has 1 aromatic heterocycles. The van der Waals surface area contributed by atoms with E-state index in [0.717, 1.165) is 48.5 Å². The number of hydrogen-bond acceptors (Lipinski definition) is 4. The molecular formula is C19H20N4. The highest BCUT2D eigenvalue weighted by Crippen LogP contribution is 2.24. The summed E-state index contributed by atoms with van der Waals surface area (Å²) in [5.41, 5.74) is 3.32. The molecule has 0 N–H and O–H groups in total. The van der Waals surface area contributed by atoms with Gasteiger partial charge in [-0.1, -0.05) is 30.3 Å². The summed E-state index contributed by atoms with van der Waals surface area (Å²) < 4.78 is 0. The van der Waals surface area contributed by atoms with Gasteiger partial charge in [-0.15, -0.1) is 0 Å². The summed E-state index contributed by atoms with van der Waals surface area (Å²) in [4.78, 5) is 14.0. The van der Waals surface area contributed by atoms with Gasteiger partial charge < -0.3 is 9.80 Å². The average molecular weight is 304 g/mol. The van der Waals surface area contributed by atoms with Crippen molar-refractivity contribution in [3.05, 3.63) is 54.7 Å². The first kappa shape index (κ1) is 14.2. The highest BCUT2D eigenvalue weighted by molar-refractivity contribution is 5.79. The number of piperazine rings is 1. The zero-order valence-corrected chi connectivity index (χ0v) is 13.3. The summed E-state index contributed by atoms with van der Waals surface area (Å²) >= 11 is 0. The first-order valence-electron chi connectivity index (χ1n) is 8.05. The van der Waals surface area contributed by atoms with E-state index in [9.17, 15) is 0 Å². The number of hydrogen-bond donors (Lipinski definition) is 0. The summed E-state index contributed by atoms with van der Waals surface area (Å²) in [6.07, 6.45) is 1.90. The number of likely N-dealkylation sites (N-methyl/N-ethyl adjacent to an activating group) is 1. The van der Waals surface area contributed by atoms with E-state index in [0.29, 0.717) is 0 Å². The third kappa shape index (κ3) is 2.90. The van der Waals surface area contributed by atoms with Gasteiger partial charge in [-0.05, 0) is 25.2 Å². The maximum absolute atomic E-state index is 4.71. The van der Waals surface area contributed by atoms with Crippen LogP contribution in [0.5, 0.6) is 0 Å². The first-order valence-corrected chi connectivity index (χ1v) is 8.05. The van der Waals surface area contributed by atoms with Gasteiger partial charge in [0.1, 0.15) is 0 Å². The molecule has 0 bridgehead atoms. The Morgan fingerprint density at radius 2 is 1.74 bits per heavy atom. The quantitative estimate of drug-likeness (QED) is 0.728. The van der Waals surface area contributed by atoms with Crippen LogP contribution in [0, 0.1) is 0 Å². The molecule has 0 atom stereocenters. The van der Waals surface area contributed by atoms with Crippen molar-refractivity contribution in [1.29, 1.82) is 0 Å². The van der Waals surface area contributed by atoms with Crippen molar-refractivity contribution in [2.75, 3.05) is 38.1 Å².